The number of amides is 1. The molecule has 0 radical (unpaired) electrons. The zero-order chi connectivity index (χ0) is 24.6. The van der Waals surface area contributed by atoms with Crippen LogP contribution in [0.5, 0.6) is 0 Å². The molecule has 1 atom stereocenters. The number of guanidine groups is 1. The highest BCUT2D eigenvalue weighted by molar-refractivity contribution is 6.01. The fourth-order valence-corrected chi connectivity index (χ4v) is 3.38. The van der Waals surface area contributed by atoms with E-state index in [4.69, 9.17) is 15.6 Å². The zero-order valence-electron chi connectivity index (χ0n) is 18.1. The number of hydrogen-bond acceptors (Lipinski definition) is 5. The number of carboxylic acids is 1. The maximum Gasteiger partial charge on any atom is 0.490 e. The number of halogens is 4. The van der Waals surface area contributed by atoms with Crippen LogP contribution in [0.4, 0.5) is 17.6 Å². The van der Waals surface area contributed by atoms with Gasteiger partial charge < -0.3 is 10.8 Å². The number of carbonyl (C=O) groups is 3. The maximum atomic E-state index is 14.7. The van der Waals surface area contributed by atoms with Gasteiger partial charge in [0.2, 0.25) is 5.91 Å². The number of nitrogens with zero attached hydrogens (tertiary/aromatic N) is 2. The molecule has 1 aromatic rings. The summed E-state index contributed by atoms with van der Waals surface area (Å²) >= 11 is 0. The molecule has 0 bridgehead atoms. The molecule has 0 aromatic heterocycles. The minimum absolute atomic E-state index is 0.0608. The Morgan fingerprint density at radius 1 is 1.25 bits per heavy atom. The Kier molecular flexibility index (Phi) is 6.73. The van der Waals surface area contributed by atoms with Gasteiger partial charge in [0.25, 0.3) is 0 Å². The third kappa shape index (κ3) is 4.91. The molecule has 1 fully saturated rings. The molecule has 0 spiro atoms. The smallest absolute Gasteiger partial charge is 0.475 e. The van der Waals surface area contributed by atoms with Crippen LogP contribution in [0, 0.1) is 17.2 Å². The molecule has 0 saturated heterocycles. The number of nitrogens with two attached hydrogens (primary N) is 1. The van der Waals surface area contributed by atoms with E-state index in [0.29, 0.717) is 5.56 Å². The molecule has 1 saturated carbocycles. The molecule has 2 aliphatic rings. The van der Waals surface area contributed by atoms with Crippen molar-refractivity contribution in [3.8, 4) is 0 Å². The SMILES string of the molecule is CN1C(=O)C(C)(C)[C@@](C)(c2cc(CC(=O)C3CC3)ccc2F)N=C1N.O=C(O)C(F)(F)F. The van der Waals surface area contributed by atoms with Crippen molar-refractivity contribution in [3.63, 3.8) is 0 Å². The van der Waals surface area contributed by atoms with Gasteiger partial charge in [-0.2, -0.15) is 13.2 Å². The van der Waals surface area contributed by atoms with E-state index in [1.165, 1.54) is 11.0 Å². The zero-order valence-corrected chi connectivity index (χ0v) is 18.1. The maximum absolute atomic E-state index is 14.7. The van der Waals surface area contributed by atoms with Gasteiger partial charge in [0.1, 0.15) is 17.1 Å². The Balaban J connectivity index is 0.000000451. The molecule has 1 amide bonds. The van der Waals surface area contributed by atoms with Gasteiger partial charge in [0.15, 0.2) is 5.96 Å². The van der Waals surface area contributed by atoms with Gasteiger partial charge in [-0.25, -0.2) is 14.2 Å². The van der Waals surface area contributed by atoms with Gasteiger partial charge >= 0.3 is 12.1 Å². The van der Waals surface area contributed by atoms with Crippen LogP contribution in [0.25, 0.3) is 0 Å². The highest BCUT2D eigenvalue weighted by Gasteiger charge is 2.53. The number of Topliss-reactive ketones (excluding diaryl/α,β-unsaturated/α-hetero) is 1. The van der Waals surface area contributed by atoms with Gasteiger partial charge in [0.05, 0.1) is 5.41 Å². The third-order valence-electron chi connectivity index (χ3n) is 5.95. The monoisotopic (exact) mass is 459 g/mol. The lowest BCUT2D eigenvalue weighted by atomic mass is 9.67. The molecule has 32 heavy (non-hydrogen) atoms. The second kappa shape index (κ2) is 8.51. The largest absolute Gasteiger partial charge is 0.490 e. The Morgan fingerprint density at radius 3 is 2.25 bits per heavy atom. The van der Waals surface area contributed by atoms with E-state index >= 15 is 0 Å². The van der Waals surface area contributed by atoms with Crippen molar-refractivity contribution >= 4 is 23.6 Å². The van der Waals surface area contributed by atoms with Gasteiger partial charge in [0, 0.05) is 24.9 Å². The first-order valence-electron chi connectivity index (χ1n) is 9.77. The van der Waals surface area contributed by atoms with E-state index in [2.05, 4.69) is 4.99 Å². The fourth-order valence-electron chi connectivity index (χ4n) is 3.38. The molecular weight excluding hydrogens is 434 g/mol. The third-order valence-corrected chi connectivity index (χ3v) is 5.95. The van der Waals surface area contributed by atoms with Gasteiger partial charge in [-0.1, -0.05) is 6.07 Å². The van der Waals surface area contributed by atoms with E-state index < -0.39 is 28.9 Å². The van der Waals surface area contributed by atoms with Gasteiger partial charge in [-0.05, 0) is 51.3 Å². The summed E-state index contributed by atoms with van der Waals surface area (Å²) < 4.78 is 46.4. The minimum atomic E-state index is -5.08. The molecule has 11 heteroatoms. The summed E-state index contributed by atoms with van der Waals surface area (Å²) in [7, 11) is 1.56. The van der Waals surface area contributed by atoms with Crippen molar-refractivity contribution in [1.82, 2.24) is 4.90 Å². The number of benzene rings is 1. The fraction of sp³-hybridized carbons (Fsp3) is 0.524. The predicted octanol–water partition coefficient (Wildman–Crippen LogP) is 3.01. The van der Waals surface area contributed by atoms with E-state index in [1.54, 1.807) is 40.0 Å². The molecular formula is C21H25F4N3O4. The lowest BCUT2D eigenvalue weighted by Crippen LogP contribution is -2.58. The number of aliphatic carboxylic acids is 1. The molecule has 3 rings (SSSR count). The number of rotatable bonds is 4. The molecule has 3 N–H and O–H groups in total. The quantitative estimate of drug-likeness (QED) is 0.672. The molecule has 1 aliphatic carbocycles. The van der Waals surface area contributed by atoms with Crippen LogP contribution in [0.2, 0.25) is 0 Å². The molecule has 7 nitrogen and oxygen atoms in total. The van der Waals surface area contributed by atoms with Crippen LogP contribution < -0.4 is 5.73 Å². The van der Waals surface area contributed by atoms with Crippen molar-refractivity contribution in [3.05, 3.63) is 35.1 Å². The molecule has 1 aromatic carbocycles. The Bertz CT molecular complexity index is 970. The number of ketones is 1. The molecule has 176 valence electrons. The predicted molar refractivity (Wildman–Crippen MR) is 107 cm³/mol. The van der Waals surface area contributed by atoms with Crippen molar-refractivity contribution in [1.29, 1.82) is 0 Å². The number of alkyl halides is 3. The molecule has 1 heterocycles. The Labute approximate surface area is 182 Å². The lowest BCUT2D eigenvalue weighted by Gasteiger charge is -2.46. The number of aliphatic imine (C=N–C) groups is 1. The van der Waals surface area contributed by atoms with Crippen molar-refractivity contribution < 1.29 is 37.1 Å². The molecule has 0 unspecified atom stereocenters. The van der Waals surface area contributed by atoms with E-state index in [0.717, 1.165) is 18.4 Å². The Morgan fingerprint density at radius 2 is 1.78 bits per heavy atom. The van der Waals surface area contributed by atoms with Gasteiger partial charge in [-0.15, -0.1) is 0 Å². The topological polar surface area (TPSA) is 113 Å². The first-order valence-corrected chi connectivity index (χ1v) is 9.77. The first-order chi connectivity index (χ1) is 14.5. The number of carbonyl (C=O) groups excluding carboxylic acids is 2. The van der Waals surface area contributed by atoms with E-state index in [9.17, 15) is 27.2 Å². The van der Waals surface area contributed by atoms with Crippen LogP contribution in [0.15, 0.2) is 23.2 Å². The van der Waals surface area contributed by atoms with Crippen molar-refractivity contribution in [2.75, 3.05) is 7.05 Å². The van der Waals surface area contributed by atoms with Crippen LogP contribution in [-0.4, -0.2) is 46.8 Å². The number of carboxylic acid groups (broad SMARTS) is 1. The van der Waals surface area contributed by atoms with E-state index in [-0.39, 0.29) is 30.0 Å². The van der Waals surface area contributed by atoms with Gasteiger partial charge in [-0.3, -0.25) is 14.5 Å². The summed E-state index contributed by atoms with van der Waals surface area (Å²) in [4.78, 5) is 39.5. The summed E-state index contributed by atoms with van der Waals surface area (Å²) in [5.41, 5.74) is 4.80. The van der Waals surface area contributed by atoms with Crippen molar-refractivity contribution in [2.45, 2.75) is 51.7 Å². The Hall–Kier alpha value is -2.98. The highest BCUT2D eigenvalue weighted by Crippen LogP contribution is 2.47. The first kappa shape index (κ1) is 25.3. The highest BCUT2D eigenvalue weighted by atomic mass is 19.4. The van der Waals surface area contributed by atoms with E-state index in [1.807, 2.05) is 0 Å². The van der Waals surface area contributed by atoms with Crippen LogP contribution in [0.3, 0.4) is 0 Å². The normalized spacial score (nSPS) is 22.6. The number of hydrogen-bond donors (Lipinski definition) is 2. The summed E-state index contributed by atoms with van der Waals surface area (Å²) in [5.74, 6) is -3.03. The summed E-state index contributed by atoms with van der Waals surface area (Å²) in [5, 5.41) is 7.12. The van der Waals surface area contributed by atoms with Crippen molar-refractivity contribution in [2.24, 2.45) is 22.1 Å². The van der Waals surface area contributed by atoms with Crippen LogP contribution in [-0.2, 0) is 26.3 Å². The van der Waals surface area contributed by atoms with Crippen LogP contribution in [0.1, 0.15) is 44.7 Å². The van der Waals surface area contributed by atoms with Crippen LogP contribution >= 0.6 is 0 Å². The second-order valence-electron chi connectivity index (χ2n) is 8.57. The standard InChI is InChI=1S/C19H24FN3O2.C2HF3O2/c1-18(2)16(25)23(4)17(21)22-19(18,3)13-9-11(5-8-14(13)20)10-15(24)12-6-7-12;3-2(4,5)1(6)7/h5,8-9,12H,6-7,10H2,1-4H3,(H2,21,22);(H,6,7)/t19-;/m1./s1. The average molecular weight is 459 g/mol. The average Bonchev–Trinajstić information content (AvgIpc) is 3.52. The lowest BCUT2D eigenvalue weighted by molar-refractivity contribution is -0.192. The minimum Gasteiger partial charge on any atom is -0.475 e. The molecule has 1 aliphatic heterocycles. The summed E-state index contributed by atoms with van der Waals surface area (Å²) in [6.45, 7) is 5.20. The summed E-state index contributed by atoms with van der Waals surface area (Å²) in [6.07, 6.45) is -2.92. The summed E-state index contributed by atoms with van der Waals surface area (Å²) in [6, 6.07) is 4.63. The second-order valence-corrected chi connectivity index (χ2v) is 8.57.